The third kappa shape index (κ3) is 6.93. The van der Waals surface area contributed by atoms with Crippen LogP contribution in [0.25, 0.3) is 5.57 Å². The number of halogens is 3. The summed E-state index contributed by atoms with van der Waals surface area (Å²) >= 11 is 0. The number of aromatic nitrogens is 2. The molecule has 1 aromatic heterocycles. The standard InChI is InChI=1S/C25H36F3N7O3/c1-16-7-8-34(16)21-31-18(11-19(32-21)25(26,27)28)17(12-29)13-30-14-20(36)33-9-10-35(24(5,6)15-33)22(37)38-23(2,3)4/h11-13,16H,7-10,14-15,29H2,1-6H3/b17-12+,30-13?/t16-/m0/s1. The number of ether oxygens (including phenoxy) is 1. The van der Waals surface area contributed by atoms with Gasteiger partial charge in [-0.25, -0.2) is 14.8 Å². The number of aliphatic imine (C=N–C) groups is 1. The average molecular weight is 540 g/mol. The molecule has 0 unspecified atom stereocenters. The van der Waals surface area contributed by atoms with E-state index < -0.39 is 29.1 Å². The summed E-state index contributed by atoms with van der Waals surface area (Å²) in [4.78, 5) is 42.4. The van der Waals surface area contributed by atoms with Crippen molar-refractivity contribution in [2.45, 2.75) is 71.3 Å². The van der Waals surface area contributed by atoms with Crippen LogP contribution in [0.3, 0.4) is 0 Å². The number of amides is 2. The number of piperazine rings is 1. The molecule has 10 nitrogen and oxygen atoms in total. The van der Waals surface area contributed by atoms with E-state index in [9.17, 15) is 22.8 Å². The number of rotatable bonds is 5. The largest absolute Gasteiger partial charge is 0.444 e. The molecular formula is C25H36F3N7O3. The second-order valence-corrected chi connectivity index (χ2v) is 11.1. The lowest BCUT2D eigenvalue weighted by Gasteiger charge is -2.46. The number of alkyl halides is 3. The Kier molecular flexibility index (Phi) is 8.27. The first-order valence-electron chi connectivity index (χ1n) is 12.5. The lowest BCUT2D eigenvalue weighted by Crippen LogP contribution is -2.62. The Morgan fingerprint density at radius 2 is 1.89 bits per heavy atom. The summed E-state index contributed by atoms with van der Waals surface area (Å²) in [6, 6.07) is 0.849. The molecule has 1 atom stereocenters. The first-order chi connectivity index (χ1) is 17.5. The molecule has 2 aliphatic rings. The van der Waals surface area contributed by atoms with E-state index in [1.54, 1.807) is 35.5 Å². The summed E-state index contributed by atoms with van der Waals surface area (Å²) in [5.41, 5.74) is 3.41. The van der Waals surface area contributed by atoms with E-state index in [-0.39, 0.29) is 42.3 Å². The van der Waals surface area contributed by atoms with Crippen LogP contribution in [0.15, 0.2) is 17.3 Å². The van der Waals surface area contributed by atoms with Crippen LogP contribution < -0.4 is 10.6 Å². The topological polar surface area (TPSA) is 117 Å². The molecular weight excluding hydrogens is 503 g/mol. The number of anilines is 1. The lowest BCUT2D eigenvalue weighted by atomic mass is 9.99. The Bertz CT molecular complexity index is 1110. The van der Waals surface area contributed by atoms with Gasteiger partial charge in [0, 0.05) is 50.2 Å². The zero-order chi connectivity index (χ0) is 28.5. The summed E-state index contributed by atoms with van der Waals surface area (Å²) in [6.07, 6.45) is -1.93. The van der Waals surface area contributed by atoms with Gasteiger partial charge in [0.15, 0.2) is 5.69 Å². The van der Waals surface area contributed by atoms with Gasteiger partial charge in [-0.1, -0.05) is 0 Å². The monoisotopic (exact) mass is 539 g/mol. The average Bonchev–Trinajstić information content (AvgIpc) is 2.78. The van der Waals surface area contributed by atoms with Crippen molar-refractivity contribution in [3.63, 3.8) is 0 Å². The first-order valence-corrected chi connectivity index (χ1v) is 12.5. The van der Waals surface area contributed by atoms with Gasteiger partial charge in [-0.15, -0.1) is 0 Å². The molecule has 0 saturated carbocycles. The summed E-state index contributed by atoms with van der Waals surface area (Å²) in [6.45, 7) is 12.1. The Balaban J connectivity index is 1.69. The van der Waals surface area contributed by atoms with Crippen molar-refractivity contribution in [3.05, 3.63) is 23.7 Å². The van der Waals surface area contributed by atoms with Gasteiger partial charge in [0.25, 0.3) is 0 Å². The molecule has 0 spiro atoms. The lowest BCUT2D eigenvalue weighted by molar-refractivity contribution is -0.141. The molecule has 1 aromatic rings. The van der Waals surface area contributed by atoms with Crippen molar-refractivity contribution in [2.24, 2.45) is 10.7 Å². The van der Waals surface area contributed by atoms with Crippen LogP contribution in [0.1, 0.15) is 59.4 Å². The quantitative estimate of drug-likeness (QED) is 0.571. The van der Waals surface area contributed by atoms with Crippen LogP contribution in [0, 0.1) is 0 Å². The van der Waals surface area contributed by atoms with E-state index in [1.165, 1.54) is 6.21 Å². The zero-order valence-corrected chi connectivity index (χ0v) is 22.7. The van der Waals surface area contributed by atoms with Crippen LogP contribution in [-0.2, 0) is 15.7 Å². The minimum absolute atomic E-state index is 0.0255. The molecule has 2 saturated heterocycles. The Hall–Kier alpha value is -3.38. The fourth-order valence-electron chi connectivity index (χ4n) is 4.21. The Labute approximate surface area is 220 Å². The van der Waals surface area contributed by atoms with Gasteiger partial charge in [0.2, 0.25) is 11.9 Å². The van der Waals surface area contributed by atoms with Crippen LogP contribution in [0.5, 0.6) is 0 Å². The maximum absolute atomic E-state index is 13.5. The molecule has 38 heavy (non-hydrogen) atoms. The SMILES string of the molecule is C[C@H]1CCN1c1nc(/C(C=NCC(=O)N2CCN(C(=O)OC(C)(C)C)C(C)(C)C2)=C/N)cc(C(F)(F)F)n1. The van der Waals surface area contributed by atoms with Crippen molar-refractivity contribution >= 4 is 29.7 Å². The van der Waals surface area contributed by atoms with Crippen molar-refractivity contribution in [1.82, 2.24) is 19.8 Å². The minimum Gasteiger partial charge on any atom is -0.444 e. The third-order valence-electron chi connectivity index (χ3n) is 6.38. The molecule has 0 radical (unpaired) electrons. The van der Waals surface area contributed by atoms with Crippen LogP contribution in [0.4, 0.5) is 23.9 Å². The summed E-state index contributed by atoms with van der Waals surface area (Å²) < 4.78 is 46.0. The van der Waals surface area contributed by atoms with Crippen LogP contribution in [0.2, 0.25) is 0 Å². The van der Waals surface area contributed by atoms with Gasteiger partial charge in [-0.3, -0.25) is 14.7 Å². The van der Waals surface area contributed by atoms with E-state index >= 15 is 0 Å². The number of allylic oxidation sites excluding steroid dienone is 1. The summed E-state index contributed by atoms with van der Waals surface area (Å²) in [5.74, 6) is -0.314. The number of hydrogen-bond acceptors (Lipinski definition) is 8. The van der Waals surface area contributed by atoms with Gasteiger partial charge >= 0.3 is 12.3 Å². The number of hydrogen-bond donors (Lipinski definition) is 1. The highest BCUT2D eigenvalue weighted by molar-refractivity contribution is 6.09. The number of carbonyl (C=O) groups excluding carboxylic acids is 2. The van der Waals surface area contributed by atoms with E-state index in [0.29, 0.717) is 19.6 Å². The second kappa shape index (κ2) is 10.8. The maximum Gasteiger partial charge on any atom is 0.433 e. The molecule has 0 aromatic carbocycles. The fraction of sp³-hybridized carbons (Fsp3) is 0.640. The summed E-state index contributed by atoms with van der Waals surface area (Å²) in [7, 11) is 0. The molecule has 2 amide bonds. The van der Waals surface area contributed by atoms with Gasteiger partial charge in [0.1, 0.15) is 12.1 Å². The maximum atomic E-state index is 13.5. The predicted octanol–water partition coefficient (Wildman–Crippen LogP) is 3.32. The van der Waals surface area contributed by atoms with Gasteiger partial charge < -0.3 is 20.3 Å². The van der Waals surface area contributed by atoms with Crippen molar-refractivity contribution < 1.29 is 27.5 Å². The van der Waals surface area contributed by atoms with Crippen molar-refractivity contribution in [2.75, 3.05) is 37.6 Å². The highest BCUT2D eigenvalue weighted by Crippen LogP contribution is 2.32. The van der Waals surface area contributed by atoms with E-state index in [4.69, 9.17) is 10.5 Å². The smallest absolute Gasteiger partial charge is 0.433 e. The molecule has 3 heterocycles. The molecule has 0 bridgehead atoms. The van der Waals surface area contributed by atoms with Crippen LogP contribution >= 0.6 is 0 Å². The third-order valence-corrected chi connectivity index (χ3v) is 6.38. The highest BCUT2D eigenvalue weighted by Gasteiger charge is 2.40. The highest BCUT2D eigenvalue weighted by atomic mass is 19.4. The van der Waals surface area contributed by atoms with E-state index in [2.05, 4.69) is 15.0 Å². The van der Waals surface area contributed by atoms with E-state index in [1.807, 2.05) is 20.8 Å². The van der Waals surface area contributed by atoms with Crippen molar-refractivity contribution in [3.8, 4) is 0 Å². The molecule has 3 rings (SSSR count). The molecule has 2 aliphatic heterocycles. The summed E-state index contributed by atoms with van der Waals surface area (Å²) in [5, 5.41) is 0. The number of carbonyl (C=O) groups is 2. The molecule has 2 fully saturated rings. The van der Waals surface area contributed by atoms with Crippen LogP contribution in [-0.4, -0.2) is 87.9 Å². The molecule has 0 aliphatic carbocycles. The normalized spacial score (nSPS) is 20.5. The van der Waals surface area contributed by atoms with Crippen molar-refractivity contribution in [1.29, 1.82) is 0 Å². The fourth-order valence-corrected chi connectivity index (χ4v) is 4.21. The predicted molar refractivity (Wildman–Crippen MR) is 138 cm³/mol. The minimum atomic E-state index is -4.67. The van der Waals surface area contributed by atoms with Gasteiger partial charge in [-0.05, 0) is 54.0 Å². The molecule has 13 heteroatoms. The van der Waals surface area contributed by atoms with Gasteiger partial charge in [-0.2, -0.15) is 13.2 Å². The van der Waals surface area contributed by atoms with Gasteiger partial charge in [0.05, 0.1) is 11.2 Å². The second-order valence-electron chi connectivity index (χ2n) is 11.1. The number of nitrogens with two attached hydrogens (primary N) is 1. The van der Waals surface area contributed by atoms with E-state index in [0.717, 1.165) is 18.7 Å². The molecule has 210 valence electrons. The number of nitrogens with zero attached hydrogens (tertiary/aromatic N) is 6. The molecule has 2 N–H and O–H groups in total. The Morgan fingerprint density at radius 1 is 1.21 bits per heavy atom. The first kappa shape index (κ1) is 29.2. The Morgan fingerprint density at radius 3 is 2.39 bits per heavy atom. The zero-order valence-electron chi connectivity index (χ0n) is 22.7.